The second kappa shape index (κ2) is 14.7. The fourth-order valence-electron chi connectivity index (χ4n) is 5.20. The summed E-state index contributed by atoms with van der Waals surface area (Å²) >= 11 is 0. The molecule has 0 aliphatic heterocycles. The molecule has 1 atom stereocenters. The Labute approximate surface area is 300 Å². The maximum atomic E-state index is 15.1. The Bertz CT molecular complexity index is 2480. The van der Waals surface area contributed by atoms with Gasteiger partial charge in [-0.1, -0.05) is 12.1 Å². The van der Waals surface area contributed by atoms with Crippen molar-refractivity contribution in [2.75, 3.05) is 10.0 Å². The highest BCUT2D eigenvalue weighted by atomic mass is 32.2. The molecular weight excluding hydrogens is 716 g/mol. The molecular formula is C35H33F2N7O8S. The number of carbonyl (C=O) groups excluding carboxylic acids is 2. The van der Waals surface area contributed by atoms with Crippen molar-refractivity contribution < 1.29 is 36.7 Å². The molecule has 0 aliphatic carbocycles. The van der Waals surface area contributed by atoms with Gasteiger partial charge in [0.25, 0.3) is 21.5 Å². The zero-order valence-corrected chi connectivity index (χ0v) is 29.4. The smallest absolute Gasteiger partial charge is 0.335 e. The number of carbonyl (C=O) groups is 3. The van der Waals surface area contributed by atoms with Gasteiger partial charge in [0.2, 0.25) is 0 Å². The number of halogens is 2. The monoisotopic (exact) mass is 749 g/mol. The molecule has 0 fully saturated rings. The van der Waals surface area contributed by atoms with Gasteiger partial charge in [0.15, 0.2) is 0 Å². The number of urea groups is 1. The highest BCUT2D eigenvalue weighted by Crippen LogP contribution is 2.24. The number of amides is 3. The van der Waals surface area contributed by atoms with Crippen LogP contribution >= 0.6 is 0 Å². The molecule has 0 unspecified atom stereocenters. The van der Waals surface area contributed by atoms with E-state index in [-0.39, 0.29) is 28.1 Å². The number of aromatic nitrogens is 3. The predicted molar refractivity (Wildman–Crippen MR) is 191 cm³/mol. The van der Waals surface area contributed by atoms with Crippen LogP contribution in [-0.2, 0) is 28.3 Å². The Kier molecular flexibility index (Phi) is 10.5. The van der Waals surface area contributed by atoms with Gasteiger partial charge in [-0.15, -0.1) is 0 Å². The molecule has 3 aromatic carbocycles. The average Bonchev–Trinajstić information content (AvgIpc) is 3.08. The van der Waals surface area contributed by atoms with Gasteiger partial charge < -0.3 is 21.1 Å². The standard InChI is InChI=1S/C35H33F2N7O8S/c1-35(2,3)41-33(49)39-20-7-11-22(12-8-20)53(51,52)42-27-17-25(36)24(16-26(27)37)30(45)40-28(32(47)48)15-19-5-9-21(10-6-19)44-31(46)23-13-14-38-18-29(23)43(4)34(44)50/h5-14,16-18,28,42H,15H2,1-4H3,(H,40,45)(H,47,48)(H2,39,41,49)/t28-/m0/s1. The van der Waals surface area contributed by atoms with Crippen LogP contribution in [0.1, 0.15) is 36.7 Å². The number of pyridine rings is 1. The summed E-state index contributed by atoms with van der Waals surface area (Å²) in [6.45, 7) is 5.32. The highest BCUT2D eigenvalue weighted by Gasteiger charge is 2.26. The molecule has 5 aromatic rings. The van der Waals surface area contributed by atoms with Crippen LogP contribution in [0.15, 0.2) is 93.6 Å². The first-order valence-corrected chi connectivity index (χ1v) is 17.2. The Morgan fingerprint density at radius 1 is 0.943 bits per heavy atom. The molecule has 2 aromatic heterocycles. The van der Waals surface area contributed by atoms with Crippen LogP contribution in [0.4, 0.5) is 25.0 Å². The lowest BCUT2D eigenvalue weighted by molar-refractivity contribution is -0.139. The number of nitrogens with zero attached hydrogens (tertiary/aromatic N) is 3. The number of hydrogen-bond acceptors (Lipinski definition) is 8. The number of carboxylic acid groups (broad SMARTS) is 1. The Morgan fingerprint density at radius 3 is 2.23 bits per heavy atom. The molecule has 0 radical (unpaired) electrons. The van der Waals surface area contributed by atoms with E-state index in [1.165, 1.54) is 66.5 Å². The lowest BCUT2D eigenvalue weighted by atomic mass is 10.0. The topological polar surface area (TPSA) is 211 Å². The Morgan fingerprint density at radius 2 is 1.60 bits per heavy atom. The summed E-state index contributed by atoms with van der Waals surface area (Å²) in [6.07, 6.45) is 2.48. The summed E-state index contributed by atoms with van der Waals surface area (Å²) in [5.74, 6) is -5.47. The molecule has 276 valence electrons. The predicted octanol–water partition coefficient (Wildman–Crippen LogP) is 3.51. The van der Waals surface area contributed by atoms with Gasteiger partial charge in [0.1, 0.15) is 17.7 Å². The zero-order chi connectivity index (χ0) is 38.8. The Balaban J connectivity index is 1.28. The third-order valence-electron chi connectivity index (χ3n) is 7.77. The van der Waals surface area contributed by atoms with E-state index < -0.39 is 73.6 Å². The van der Waals surface area contributed by atoms with Crippen molar-refractivity contribution in [1.82, 2.24) is 24.8 Å². The van der Waals surface area contributed by atoms with Crippen LogP contribution < -0.4 is 31.9 Å². The van der Waals surface area contributed by atoms with Gasteiger partial charge >= 0.3 is 17.7 Å². The molecule has 0 saturated heterocycles. The van der Waals surface area contributed by atoms with E-state index in [0.717, 1.165) is 16.7 Å². The van der Waals surface area contributed by atoms with Crippen LogP contribution in [0.5, 0.6) is 0 Å². The second-order valence-corrected chi connectivity index (χ2v) is 14.6. The number of nitrogens with one attached hydrogen (secondary N) is 4. The quantitative estimate of drug-likeness (QED) is 0.141. The molecule has 0 spiro atoms. The number of rotatable bonds is 10. The summed E-state index contributed by atoms with van der Waals surface area (Å²) in [5, 5.41) is 17.4. The fourth-order valence-corrected chi connectivity index (χ4v) is 6.26. The zero-order valence-electron chi connectivity index (χ0n) is 28.6. The van der Waals surface area contributed by atoms with Crippen molar-refractivity contribution in [3.8, 4) is 5.69 Å². The van der Waals surface area contributed by atoms with Crippen molar-refractivity contribution in [3.63, 3.8) is 0 Å². The van der Waals surface area contributed by atoms with E-state index in [1.54, 1.807) is 20.8 Å². The number of carboxylic acids is 1. The molecule has 0 aliphatic rings. The molecule has 18 heteroatoms. The van der Waals surface area contributed by atoms with Gasteiger partial charge in [0, 0.05) is 37.0 Å². The minimum Gasteiger partial charge on any atom is -0.480 e. The fraction of sp³-hybridized carbons (Fsp3) is 0.200. The van der Waals surface area contributed by atoms with E-state index in [0.29, 0.717) is 23.2 Å². The summed E-state index contributed by atoms with van der Waals surface area (Å²) < 4.78 is 60.1. The van der Waals surface area contributed by atoms with Crippen LogP contribution in [0.2, 0.25) is 0 Å². The number of benzene rings is 3. The molecule has 15 nitrogen and oxygen atoms in total. The number of fused-ring (bicyclic) bond motifs is 1. The van der Waals surface area contributed by atoms with Crippen molar-refractivity contribution in [2.45, 2.75) is 43.7 Å². The highest BCUT2D eigenvalue weighted by molar-refractivity contribution is 7.92. The minimum atomic E-state index is -4.47. The summed E-state index contributed by atoms with van der Waals surface area (Å²) in [4.78, 5) is 66.7. The summed E-state index contributed by atoms with van der Waals surface area (Å²) in [6, 6.07) is 10.7. The maximum absolute atomic E-state index is 15.1. The number of hydrogen-bond donors (Lipinski definition) is 5. The van der Waals surface area contributed by atoms with Crippen LogP contribution in [0.3, 0.4) is 0 Å². The van der Waals surface area contributed by atoms with E-state index in [1.807, 2.05) is 4.72 Å². The normalized spacial score (nSPS) is 12.2. The lowest BCUT2D eigenvalue weighted by Crippen LogP contribution is -2.43. The molecule has 0 bridgehead atoms. The van der Waals surface area contributed by atoms with Gasteiger partial charge in [-0.25, -0.2) is 36.1 Å². The van der Waals surface area contributed by atoms with E-state index in [2.05, 4.69) is 20.9 Å². The van der Waals surface area contributed by atoms with Crippen molar-refractivity contribution in [2.24, 2.45) is 7.05 Å². The first kappa shape index (κ1) is 37.8. The van der Waals surface area contributed by atoms with Gasteiger partial charge in [-0.05, 0) is 74.9 Å². The molecule has 5 N–H and O–H groups in total. The number of anilines is 2. The van der Waals surface area contributed by atoms with Gasteiger partial charge in [-0.3, -0.25) is 23.9 Å². The minimum absolute atomic E-state index is 0.192. The Hall–Kier alpha value is -6.43. The summed E-state index contributed by atoms with van der Waals surface area (Å²) in [5.41, 5.74) is -2.33. The van der Waals surface area contributed by atoms with E-state index in [4.69, 9.17) is 0 Å². The van der Waals surface area contributed by atoms with Crippen LogP contribution in [0, 0.1) is 11.6 Å². The van der Waals surface area contributed by atoms with Crippen LogP contribution in [0.25, 0.3) is 16.6 Å². The number of sulfonamides is 1. The third-order valence-corrected chi connectivity index (χ3v) is 9.15. The van der Waals surface area contributed by atoms with Gasteiger partial charge in [-0.2, -0.15) is 0 Å². The molecule has 0 saturated carbocycles. The van der Waals surface area contributed by atoms with Crippen LogP contribution in [-0.4, -0.2) is 57.1 Å². The van der Waals surface area contributed by atoms with Crippen molar-refractivity contribution in [1.29, 1.82) is 0 Å². The molecule has 53 heavy (non-hydrogen) atoms. The second-order valence-electron chi connectivity index (χ2n) is 12.9. The van der Waals surface area contributed by atoms with Crippen molar-refractivity contribution in [3.05, 3.63) is 123 Å². The van der Waals surface area contributed by atoms with Crippen molar-refractivity contribution >= 4 is 50.2 Å². The SMILES string of the molecule is Cn1c(=O)n(-c2ccc(C[C@H](NC(=O)c3cc(F)c(NS(=O)(=O)c4ccc(NC(=O)NC(C)(C)C)cc4)cc3F)C(=O)O)cc2)c(=O)c2ccncc21. The average molecular weight is 750 g/mol. The first-order chi connectivity index (χ1) is 24.8. The van der Waals surface area contributed by atoms with Gasteiger partial charge in [0.05, 0.1) is 38.9 Å². The molecule has 5 rings (SSSR count). The maximum Gasteiger partial charge on any atom is 0.335 e. The van der Waals surface area contributed by atoms with E-state index >= 15 is 8.78 Å². The van der Waals surface area contributed by atoms with E-state index in [9.17, 15) is 37.5 Å². The molecule has 2 heterocycles. The number of aliphatic carboxylic acids is 1. The summed E-state index contributed by atoms with van der Waals surface area (Å²) in [7, 11) is -2.98. The largest absolute Gasteiger partial charge is 0.480 e. The third kappa shape index (κ3) is 8.55. The lowest BCUT2D eigenvalue weighted by Gasteiger charge is -2.20. The first-order valence-electron chi connectivity index (χ1n) is 15.7. The number of aryl methyl sites for hydroxylation is 1. The molecule has 3 amide bonds.